The number of halogens is 4. The monoisotopic (exact) mass is 305 g/mol. The van der Waals surface area contributed by atoms with Crippen molar-refractivity contribution in [2.45, 2.75) is 13.3 Å². The van der Waals surface area contributed by atoms with Crippen molar-refractivity contribution in [1.29, 1.82) is 0 Å². The molecule has 0 aromatic heterocycles. The van der Waals surface area contributed by atoms with E-state index in [1.807, 2.05) is 0 Å². The van der Waals surface area contributed by atoms with Gasteiger partial charge in [0.05, 0.1) is 11.0 Å². The summed E-state index contributed by atoms with van der Waals surface area (Å²) in [7, 11) is 0. The van der Waals surface area contributed by atoms with Crippen molar-refractivity contribution in [1.82, 2.24) is 4.90 Å². The van der Waals surface area contributed by atoms with Gasteiger partial charge in [0.1, 0.15) is 0 Å². The van der Waals surface area contributed by atoms with Crippen LogP contribution in [0.15, 0.2) is 6.07 Å². The Morgan fingerprint density at radius 1 is 1.19 bits per heavy atom. The van der Waals surface area contributed by atoms with Gasteiger partial charge in [-0.05, 0) is 19.4 Å². The summed E-state index contributed by atoms with van der Waals surface area (Å²) in [6.45, 7) is 1.19. The van der Waals surface area contributed by atoms with Gasteiger partial charge in [0.25, 0.3) is 5.91 Å². The van der Waals surface area contributed by atoms with E-state index in [9.17, 15) is 27.2 Å². The van der Waals surface area contributed by atoms with Crippen molar-refractivity contribution in [3.8, 4) is 0 Å². The molecular weight excluding hydrogens is 294 g/mol. The molecule has 0 saturated carbocycles. The second-order valence-corrected chi connectivity index (χ2v) is 5.19. The minimum atomic E-state index is -2.07. The fourth-order valence-electron chi connectivity index (χ4n) is 2.21. The lowest BCUT2D eigenvalue weighted by Gasteiger charge is -2.20. The van der Waals surface area contributed by atoms with Crippen molar-refractivity contribution in [3.63, 3.8) is 0 Å². The normalized spacial score (nSPS) is 21.7. The number of likely N-dealkylation sites (tertiary alicyclic amines) is 1. The molecule has 1 fully saturated rings. The van der Waals surface area contributed by atoms with Crippen LogP contribution < -0.4 is 0 Å². The van der Waals surface area contributed by atoms with Crippen molar-refractivity contribution >= 4 is 11.9 Å². The van der Waals surface area contributed by atoms with Crippen molar-refractivity contribution < 1.29 is 32.3 Å². The molecule has 1 unspecified atom stereocenters. The molecular formula is C13H11F4NO3. The number of carbonyl (C=O) groups excluding carboxylic acids is 1. The zero-order valence-corrected chi connectivity index (χ0v) is 10.9. The first kappa shape index (κ1) is 15.3. The maximum absolute atomic E-state index is 13.6. The molecule has 1 amide bonds. The molecule has 114 valence electrons. The molecule has 1 N–H and O–H groups in total. The number of carboxylic acid groups (broad SMARTS) is 1. The first-order valence-corrected chi connectivity index (χ1v) is 6.03. The van der Waals surface area contributed by atoms with Crippen LogP contribution >= 0.6 is 0 Å². The van der Waals surface area contributed by atoms with Gasteiger partial charge in [0, 0.05) is 13.1 Å². The Labute approximate surface area is 117 Å². The molecule has 1 saturated heterocycles. The second-order valence-electron chi connectivity index (χ2n) is 5.19. The number of carboxylic acids is 1. The third-order valence-electron chi connectivity index (χ3n) is 3.61. The van der Waals surface area contributed by atoms with E-state index in [-0.39, 0.29) is 25.6 Å². The van der Waals surface area contributed by atoms with Gasteiger partial charge in [0.15, 0.2) is 23.3 Å². The molecule has 8 heteroatoms. The van der Waals surface area contributed by atoms with Crippen LogP contribution in [-0.4, -0.2) is 35.0 Å². The van der Waals surface area contributed by atoms with E-state index in [1.165, 1.54) is 6.92 Å². The SMILES string of the molecule is CC1(C(=O)O)CCN(C(=O)c2cc(F)c(F)c(F)c2F)C1. The van der Waals surface area contributed by atoms with Crippen LogP contribution in [0.25, 0.3) is 0 Å². The maximum Gasteiger partial charge on any atom is 0.311 e. The molecule has 1 aromatic carbocycles. The quantitative estimate of drug-likeness (QED) is 0.517. The second kappa shape index (κ2) is 5.01. The van der Waals surface area contributed by atoms with E-state index < -0.39 is 46.1 Å². The van der Waals surface area contributed by atoms with E-state index in [2.05, 4.69) is 0 Å². The van der Waals surface area contributed by atoms with Crippen LogP contribution in [0.4, 0.5) is 17.6 Å². The van der Waals surface area contributed by atoms with Gasteiger partial charge in [-0.1, -0.05) is 0 Å². The van der Waals surface area contributed by atoms with Gasteiger partial charge in [-0.15, -0.1) is 0 Å². The summed E-state index contributed by atoms with van der Waals surface area (Å²) in [5.41, 5.74) is -2.16. The van der Waals surface area contributed by atoms with E-state index in [4.69, 9.17) is 5.11 Å². The number of amides is 1. The molecule has 1 aliphatic heterocycles. The lowest BCUT2D eigenvalue weighted by Crippen LogP contribution is -2.35. The number of aliphatic carboxylic acids is 1. The van der Waals surface area contributed by atoms with Crippen LogP contribution in [0.2, 0.25) is 0 Å². The predicted molar refractivity (Wildman–Crippen MR) is 62.5 cm³/mol. The molecule has 1 aromatic rings. The van der Waals surface area contributed by atoms with Crippen LogP contribution in [0.5, 0.6) is 0 Å². The molecule has 2 rings (SSSR count). The first-order valence-electron chi connectivity index (χ1n) is 6.03. The molecule has 1 atom stereocenters. The number of rotatable bonds is 2. The molecule has 0 bridgehead atoms. The van der Waals surface area contributed by atoms with Crippen molar-refractivity contribution in [2.24, 2.45) is 5.41 Å². The Bertz CT molecular complexity index is 634. The van der Waals surface area contributed by atoms with Gasteiger partial charge in [-0.3, -0.25) is 9.59 Å². The average Bonchev–Trinajstić information content (AvgIpc) is 2.84. The minimum absolute atomic E-state index is 0.00167. The summed E-state index contributed by atoms with van der Waals surface area (Å²) in [5, 5.41) is 9.04. The Morgan fingerprint density at radius 2 is 1.81 bits per heavy atom. The third-order valence-corrected chi connectivity index (χ3v) is 3.61. The smallest absolute Gasteiger partial charge is 0.311 e. The fraction of sp³-hybridized carbons (Fsp3) is 0.385. The third kappa shape index (κ3) is 2.45. The highest BCUT2D eigenvalue weighted by atomic mass is 19.2. The highest BCUT2D eigenvalue weighted by Gasteiger charge is 2.43. The summed E-state index contributed by atoms with van der Waals surface area (Å²) >= 11 is 0. The molecule has 0 radical (unpaired) electrons. The molecule has 1 aliphatic rings. The largest absolute Gasteiger partial charge is 0.481 e. The number of carbonyl (C=O) groups is 2. The van der Waals surface area contributed by atoms with Gasteiger partial charge >= 0.3 is 5.97 Å². The first-order chi connectivity index (χ1) is 9.67. The molecule has 0 aliphatic carbocycles. The van der Waals surface area contributed by atoms with Gasteiger partial charge in [-0.25, -0.2) is 17.6 Å². The summed E-state index contributed by atoms with van der Waals surface area (Å²) in [4.78, 5) is 24.1. The number of benzene rings is 1. The van der Waals surface area contributed by atoms with Gasteiger partial charge < -0.3 is 10.0 Å². The Kier molecular flexibility index (Phi) is 3.65. The number of nitrogens with zero attached hydrogens (tertiary/aromatic N) is 1. The fourth-order valence-corrected chi connectivity index (χ4v) is 2.21. The Balaban J connectivity index is 2.33. The summed E-state index contributed by atoms with van der Waals surface area (Å²) in [6.07, 6.45) is 0.127. The van der Waals surface area contributed by atoms with E-state index >= 15 is 0 Å². The van der Waals surface area contributed by atoms with Gasteiger partial charge in [-0.2, -0.15) is 0 Å². The van der Waals surface area contributed by atoms with Crippen molar-refractivity contribution in [3.05, 3.63) is 34.9 Å². The van der Waals surface area contributed by atoms with E-state index in [1.54, 1.807) is 0 Å². The molecule has 21 heavy (non-hydrogen) atoms. The van der Waals surface area contributed by atoms with E-state index in [0.29, 0.717) is 0 Å². The Morgan fingerprint density at radius 3 is 2.33 bits per heavy atom. The van der Waals surface area contributed by atoms with Crippen LogP contribution in [0.3, 0.4) is 0 Å². The topological polar surface area (TPSA) is 57.6 Å². The summed E-state index contributed by atoms with van der Waals surface area (Å²) in [5.74, 6) is -9.75. The lowest BCUT2D eigenvalue weighted by molar-refractivity contribution is -0.147. The Hall–Kier alpha value is -2.12. The van der Waals surface area contributed by atoms with Gasteiger partial charge in [0.2, 0.25) is 0 Å². The average molecular weight is 305 g/mol. The summed E-state index contributed by atoms with van der Waals surface area (Å²) in [6, 6.07) is 0.270. The zero-order chi connectivity index (χ0) is 15.9. The highest BCUT2D eigenvalue weighted by molar-refractivity contribution is 5.95. The molecule has 0 spiro atoms. The predicted octanol–water partition coefficient (Wildman–Crippen LogP) is 2.18. The van der Waals surface area contributed by atoms with Crippen LogP contribution in [0, 0.1) is 28.7 Å². The van der Waals surface area contributed by atoms with Crippen molar-refractivity contribution in [2.75, 3.05) is 13.1 Å². The number of hydrogen-bond donors (Lipinski definition) is 1. The minimum Gasteiger partial charge on any atom is -0.481 e. The van der Waals surface area contributed by atoms with Crippen LogP contribution in [-0.2, 0) is 4.79 Å². The van der Waals surface area contributed by atoms with Crippen LogP contribution in [0.1, 0.15) is 23.7 Å². The summed E-state index contributed by atoms with van der Waals surface area (Å²) < 4.78 is 52.6. The van der Waals surface area contributed by atoms with E-state index in [0.717, 1.165) is 4.90 Å². The number of hydrogen-bond acceptors (Lipinski definition) is 2. The molecule has 1 heterocycles. The maximum atomic E-state index is 13.6. The highest BCUT2D eigenvalue weighted by Crippen LogP contribution is 2.31. The lowest BCUT2D eigenvalue weighted by atomic mass is 9.90. The standard InChI is InChI=1S/C13H11F4NO3/c1-13(12(20)21)2-3-18(5-13)11(19)6-4-7(14)9(16)10(17)8(6)15/h4H,2-3,5H2,1H3,(H,20,21). The zero-order valence-electron chi connectivity index (χ0n) is 10.9. The molecule has 4 nitrogen and oxygen atoms in total.